The van der Waals surface area contributed by atoms with Crippen molar-refractivity contribution < 1.29 is 9.90 Å². The second-order valence-electron chi connectivity index (χ2n) is 3.53. The van der Waals surface area contributed by atoms with Gasteiger partial charge in [-0.3, -0.25) is 4.79 Å². The summed E-state index contributed by atoms with van der Waals surface area (Å²) >= 11 is 0. The van der Waals surface area contributed by atoms with Crippen LogP contribution in [-0.2, 0) is 11.2 Å². The third-order valence-corrected chi connectivity index (χ3v) is 2.50. The first-order chi connectivity index (χ1) is 6.66. The van der Waals surface area contributed by atoms with Crippen molar-refractivity contribution in [1.29, 1.82) is 0 Å². The van der Waals surface area contributed by atoms with E-state index >= 15 is 0 Å². The van der Waals surface area contributed by atoms with E-state index in [2.05, 4.69) is 5.32 Å². The lowest BCUT2D eigenvalue weighted by molar-refractivity contribution is -0.121. The highest BCUT2D eigenvalue weighted by atomic mass is 16.3. The molecule has 2 rings (SSSR count). The van der Waals surface area contributed by atoms with E-state index < -0.39 is 0 Å². The van der Waals surface area contributed by atoms with Gasteiger partial charge in [-0.25, -0.2) is 0 Å². The summed E-state index contributed by atoms with van der Waals surface area (Å²) in [6, 6.07) is 5.09. The first-order valence-corrected chi connectivity index (χ1v) is 4.52. The van der Waals surface area contributed by atoms with E-state index in [-0.39, 0.29) is 17.6 Å². The number of carbonyl (C=O) groups excluding carboxylic acids is 1. The molecule has 0 radical (unpaired) electrons. The summed E-state index contributed by atoms with van der Waals surface area (Å²) in [5.41, 5.74) is 7.14. The lowest BCUT2D eigenvalue weighted by Crippen LogP contribution is -2.34. The average molecular weight is 192 g/mol. The highest BCUT2D eigenvalue weighted by Crippen LogP contribution is 2.27. The zero-order valence-electron chi connectivity index (χ0n) is 7.66. The van der Waals surface area contributed by atoms with Crippen molar-refractivity contribution in [2.75, 3.05) is 11.9 Å². The Morgan fingerprint density at radius 3 is 3.07 bits per heavy atom. The van der Waals surface area contributed by atoms with Crippen molar-refractivity contribution in [2.24, 2.45) is 11.7 Å². The molecule has 0 aliphatic carbocycles. The summed E-state index contributed by atoms with van der Waals surface area (Å²) in [5, 5.41) is 12.4. The lowest BCUT2D eigenvalue weighted by atomic mass is 9.93. The molecule has 0 saturated carbocycles. The van der Waals surface area contributed by atoms with E-state index in [9.17, 15) is 9.90 Å². The van der Waals surface area contributed by atoms with Crippen LogP contribution in [0.5, 0.6) is 5.75 Å². The van der Waals surface area contributed by atoms with Gasteiger partial charge >= 0.3 is 0 Å². The highest BCUT2D eigenvalue weighted by molar-refractivity contribution is 5.79. The van der Waals surface area contributed by atoms with Crippen molar-refractivity contribution in [2.45, 2.75) is 6.42 Å². The fraction of sp³-hybridized carbons (Fsp3) is 0.300. The molecule has 0 spiro atoms. The van der Waals surface area contributed by atoms with Gasteiger partial charge in [-0.05, 0) is 30.2 Å². The van der Waals surface area contributed by atoms with Gasteiger partial charge < -0.3 is 16.2 Å². The molecule has 1 aliphatic rings. The van der Waals surface area contributed by atoms with Crippen LogP contribution in [-0.4, -0.2) is 17.6 Å². The second kappa shape index (κ2) is 3.21. The Labute approximate surface area is 81.7 Å². The fourth-order valence-electron chi connectivity index (χ4n) is 1.69. The van der Waals surface area contributed by atoms with Crippen molar-refractivity contribution in [1.82, 2.24) is 0 Å². The number of aromatic hydroxyl groups is 1. The van der Waals surface area contributed by atoms with Crippen LogP contribution < -0.4 is 11.1 Å². The zero-order valence-corrected chi connectivity index (χ0v) is 7.66. The third-order valence-electron chi connectivity index (χ3n) is 2.50. The number of rotatable bonds is 1. The smallest absolute Gasteiger partial charge is 0.222 e. The molecule has 1 aromatic rings. The number of hydrogen-bond donors (Lipinski definition) is 3. The van der Waals surface area contributed by atoms with Crippen LogP contribution in [0.3, 0.4) is 0 Å². The fourth-order valence-corrected chi connectivity index (χ4v) is 1.69. The number of benzene rings is 1. The number of phenols is 1. The summed E-state index contributed by atoms with van der Waals surface area (Å²) in [6.07, 6.45) is 0.603. The van der Waals surface area contributed by atoms with Crippen LogP contribution in [0.15, 0.2) is 18.2 Å². The van der Waals surface area contributed by atoms with Gasteiger partial charge in [0.15, 0.2) is 0 Å². The van der Waals surface area contributed by atoms with Crippen LogP contribution >= 0.6 is 0 Å². The van der Waals surface area contributed by atoms with Gasteiger partial charge in [-0.15, -0.1) is 0 Å². The number of hydrogen-bond acceptors (Lipinski definition) is 3. The first kappa shape index (κ1) is 8.87. The molecule has 74 valence electrons. The number of amides is 1. The van der Waals surface area contributed by atoms with E-state index in [1.54, 1.807) is 12.1 Å². The number of nitrogens with one attached hydrogen (secondary N) is 1. The van der Waals surface area contributed by atoms with Crippen molar-refractivity contribution in [3.05, 3.63) is 23.8 Å². The molecular formula is C10H12N2O2. The van der Waals surface area contributed by atoms with Crippen LogP contribution in [0.25, 0.3) is 0 Å². The summed E-state index contributed by atoms with van der Waals surface area (Å²) in [5.74, 6) is -0.258. The summed E-state index contributed by atoms with van der Waals surface area (Å²) in [4.78, 5) is 11.0. The molecule has 0 saturated heterocycles. The Hall–Kier alpha value is -1.71. The van der Waals surface area contributed by atoms with Gasteiger partial charge in [-0.1, -0.05) is 0 Å². The molecule has 14 heavy (non-hydrogen) atoms. The Morgan fingerprint density at radius 1 is 1.57 bits per heavy atom. The number of anilines is 1. The molecule has 0 aromatic heterocycles. The average Bonchev–Trinajstić information content (AvgIpc) is 2.16. The second-order valence-corrected chi connectivity index (χ2v) is 3.53. The molecule has 1 heterocycles. The molecule has 0 bridgehead atoms. The van der Waals surface area contributed by atoms with Crippen molar-refractivity contribution in [3.63, 3.8) is 0 Å². The molecular weight excluding hydrogens is 180 g/mol. The maximum atomic E-state index is 11.0. The molecule has 4 N–H and O–H groups in total. The van der Waals surface area contributed by atoms with Gasteiger partial charge in [-0.2, -0.15) is 0 Å². The first-order valence-electron chi connectivity index (χ1n) is 4.52. The van der Waals surface area contributed by atoms with Crippen molar-refractivity contribution >= 4 is 11.6 Å². The molecule has 1 amide bonds. The molecule has 1 atom stereocenters. The number of fused-ring (bicyclic) bond motifs is 1. The van der Waals surface area contributed by atoms with Gasteiger partial charge in [0.2, 0.25) is 5.91 Å². The van der Waals surface area contributed by atoms with Gasteiger partial charge in [0.1, 0.15) is 5.75 Å². The topological polar surface area (TPSA) is 75.4 Å². The van der Waals surface area contributed by atoms with E-state index in [1.807, 2.05) is 6.07 Å². The molecule has 4 heteroatoms. The highest BCUT2D eigenvalue weighted by Gasteiger charge is 2.22. The van der Waals surface area contributed by atoms with E-state index in [1.165, 1.54) is 0 Å². The van der Waals surface area contributed by atoms with Gasteiger partial charge in [0.25, 0.3) is 0 Å². The van der Waals surface area contributed by atoms with E-state index in [0.29, 0.717) is 13.0 Å². The Kier molecular flexibility index (Phi) is 2.04. The Morgan fingerprint density at radius 2 is 2.36 bits per heavy atom. The minimum Gasteiger partial charge on any atom is -0.508 e. The van der Waals surface area contributed by atoms with Crippen LogP contribution in [0.2, 0.25) is 0 Å². The summed E-state index contributed by atoms with van der Waals surface area (Å²) in [7, 11) is 0. The summed E-state index contributed by atoms with van der Waals surface area (Å²) < 4.78 is 0. The Balaban J connectivity index is 2.29. The predicted octanol–water partition coefficient (Wildman–Crippen LogP) is 0.462. The Bertz CT molecular complexity index is 376. The van der Waals surface area contributed by atoms with Gasteiger partial charge in [0, 0.05) is 12.2 Å². The molecule has 1 aromatic carbocycles. The molecule has 1 unspecified atom stereocenters. The van der Waals surface area contributed by atoms with E-state index in [0.717, 1.165) is 11.3 Å². The normalized spacial score (nSPS) is 19.6. The van der Waals surface area contributed by atoms with E-state index in [4.69, 9.17) is 5.73 Å². The standard InChI is InChI=1S/C10H12N2O2/c11-10(14)7-3-6-4-8(13)1-2-9(6)12-5-7/h1-2,4,7,12-13H,3,5H2,(H2,11,14). The number of phenolic OH excluding ortho intramolecular Hbond substituents is 1. The molecule has 4 nitrogen and oxygen atoms in total. The number of carbonyl (C=O) groups is 1. The maximum absolute atomic E-state index is 11.0. The molecule has 0 fully saturated rings. The lowest BCUT2D eigenvalue weighted by Gasteiger charge is -2.23. The monoisotopic (exact) mass is 192 g/mol. The van der Waals surface area contributed by atoms with Crippen LogP contribution in [0.4, 0.5) is 5.69 Å². The van der Waals surface area contributed by atoms with Gasteiger partial charge in [0.05, 0.1) is 5.92 Å². The minimum absolute atomic E-state index is 0.177. The third kappa shape index (κ3) is 1.51. The quantitative estimate of drug-likeness (QED) is 0.566. The number of primary amides is 1. The number of nitrogens with two attached hydrogens (primary N) is 1. The van der Waals surface area contributed by atoms with Crippen LogP contribution in [0.1, 0.15) is 5.56 Å². The predicted molar refractivity (Wildman–Crippen MR) is 53.0 cm³/mol. The maximum Gasteiger partial charge on any atom is 0.222 e. The molecule has 1 aliphatic heterocycles. The minimum atomic E-state index is -0.300. The summed E-state index contributed by atoms with van der Waals surface area (Å²) in [6.45, 7) is 0.576. The largest absolute Gasteiger partial charge is 0.508 e. The van der Waals surface area contributed by atoms with Crippen molar-refractivity contribution in [3.8, 4) is 5.75 Å². The van der Waals surface area contributed by atoms with Crippen LogP contribution in [0, 0.1) is 5.92 Å². The zero-order chi connectivity index (χ0) is 10.1. The SMILES string of the molecule is NC(=O)C1CNc2ccc(O)cc2C1.